The molecule has 0 aliphatic carbocycles. The van der Waals surface area contributed by atoms with Gasteiger partial charge in [0.2, 0.25) is 0 Å². The summed E-state index contributed by atoms with van der Waals surface area (Å²) in [6.07, 6.45) is 73.7. The molecule has 0 spiro atoms. The zero-order valence-electron chi connectivity index (χ0n) is 41.9. The van der Waals surface area contributed by atoms with E-state index in [9.17, 15) is 14.3 Å². The number of carbonyl (C=O) groups excluding carboxylic acids is 1. The Hall–Kier alpha value is -3.10. The molecule has 0 rings (SSSR count). The number of ether oxygens (including phenoxy) is 2. The van der Waals surface area contributed by atoms with Gasteiger partial charge in [0.1, 0.15) is 6.10 Å². The lowest BCUT2D eigenvalue weighted by Crippen LogP contribution is -2.28. The Labute approximate surface area is 405 Å². The van der Waals surface area contributed by atoms with Gasteiger partial charge < -0.3 is 20.1 Å². The van der Waals surface area contributed by atoms with Crippen LogP contribution in [0.3, 0.4) is 0 Å². The Balaban J connectivity index is 4.10. The van der Waals surface area contributed by atoms with Crippen molar-refractivity contribution in [3.05, 3.63) is 122 Å². The van der Waals surface area contributed by atoms with E-state index in [-0.39, 0.29) is 38.8 Å². The molecule has 8 nitrogen and oxygen atoms in total. The van der Waals surface area contributed by atoms with Crippen molar-refractivity contribution in [3.8, 4) is 0 Å². The van der Waals surface area contributed by atoms with Crippen LogP contribution in [0.2, 0.25) is 0 Å². The SMILES string of the molecule is CC/C=C\C/C=C\C/C=C\C/C=C\C/C=C\C/C=C\C/C=C\CCCCCC(=O)OC(COCCCCCCCCC/C=C\C/C=C\C/C=C\CCCCCCC)COP(=O)(O)OCCN. The minimum absolute atomic E-state index is 0.0854. The maximum absolute atomic E-state index is 12.7. The predicted molar refractivity (Wildman–Crippen MR) is 284 cm³/mol. The van der Waals surface area contributed by atoms with Gasteiger partial charge in [-0.25, -0.2) is 4.57 Å². The highest BCUT2D eigenvalue weighted by molar-refractivity contribution is 7.47. The number of nitrogens with two attached hydrogens (primary N) is 1. The number of phosphoric ester groups is 1. The largest absolute Gasteiger partial charge is 0.472 e. The van der Waals surface area contributed by atoms with Crippen LogP contribution >= 0.6 is 7.82 Å². The zero-order valence-corrected chi connectivity index (χ0v) is 42.8. The Morgan fingerprint density at radius 1 is 0.470 bits per heavy atom. The highest BCUT2D eigenvalue weighted by Crippen LogP contribution is 2.43. The molecule has 0 bridgehead atoms. The van der Waals surface area contributed by atoms with E-state index in [0.29, 0.717) is 13.0 Å². The quantitative estimate of drug-likeness (QED) is 0.0268. The summed E-state index contributed by atoms with van der Waals surface area (Å²) in [4.78, 5) is 22.6. The average molecular weight is 938 g/mol. The minimum atomic E-state index is -4.31. The van der Waals surface area contributed by atoms with Gasteiger partial charge in [0, 0.05) is 19.6 Å². The number of rotatable bonds is 48. The van der Waals surface area contributed by atoms with Crippen molar-refractivity contribution in [2.24, 2.45) is 5.73 Å². The van der Waals surface area contributed by atoms with E-state index in [0.717, 1.165) is 103 Å². The summed E-state index contributed by atoms with van der Waals surface area (Å²) in [6, 6.07) is 0. The fourth-order valence-electron chi connectivity index (χ4n) is 6.57. The summed E-state index contributed by atoms with van der Waals surface area (Å²) < 4.78 is 33.6. The molecule has 2 unspecified atom stereocenters. The molecule has 0 heterocycles. The Morgan fingerprint density at radius 2 is 0.848 bits per heavy atom. The van der Waals surface area contributed by atoms with Crippen LogP contribution in [0.25, 0.3) is 0 Å². The van der Waals surface area contributed by atoms with Gasteiger partial charge in [-0.3, -0.25) is 13.8 Å². The third-order valence-electron chi connectivity index (χ3n) is 10.4. The molecule has 0 aliphatic heterocycles. The molecule has 0 fully saturated rings. The van der Waals surface area contributed by atoms with Gasteiger partial charge in [0.15, 0.2) is 0 Å². The molecular formula is C57H96NO7P. The van der Waals surface area contributed by atoms with Crippen LogP contribution in [-0.2, 0) is 27.9 Å². The van der Waals surface area contributed by atoms with Gasteiger partial charge in [0.25, 0.3) is 0 Å². The molecule has 0 aromatic heterocycles. The van der Waals surface area contributed by atoms with E-state index in [1.54, 1.807) is 0 Å². The van der Waals surface area contributed by atoms with E-state index in [2.05, 4.69) is 135 Å². The van der Waals surface area contributed by atoms with Crippen LogP contribution < -0.4 is 5.73 Å². The van der Waals surface area contributed by atoms with Crippen molar-refractivity contribution >= 4 is 13.8 Å². The van der Waals surface area contributed by atoms with Crippen molar-refractivity contribution in [3.63, 3.8) is 0 Å². The summed E-state index contributed by atoms with van der Waals surface area (Å²) >= 11 is 0. The van der Waals surface area contributed by atoms with Crippen LogP contribution in [0, 0.1) is 0 Å². The van der Waals surface area contributed by atoms with E-state index in [1.165, 1.54) is 64.2 Å². The summed E-state index contributed by atoms with van der Waals surface area (Å²) in [5, 5.41) is 0. The Bertz CT molecular complexity index is 1420. The standard InChI is InChI=1S/C57H96NO7P/c1-3-5-7-9-11-13-15-17-19-21-23-25-27-28-29-30-32-34-36-38-40-42-44-46-48-50-57(59)65-56(55-64-66(60,61)63-53-51-58)54-62-52-49-47-45-43-41-39-37-35-33-31-26-24-22-20-18-16-14-12-10-8-6-4-2/h5,7,11,13,16-19,22-25,28-29,31-34,38,40,56H,3-4,6,8-10,12,14-15,20-21,26-27,30,35-37,39,41-55,58H2,1-2H3,(H,60,61)/b7-5-,13-11-,18-16-,19-17-,24-22-,25-23-,29-28-,33-31-,34-32-,40-38-. The molecule has 0 radical (unpaired) electrons. The van der Waals surface area contributed by atoms with Crippen LogP contribution in [0.1, 0.15) is 194 Å². The van der Waals surface area contributed by atoms with Gasteiger partial charge in [0.05, 0.1) is 19.8 Å². The van der Waals surface area contributed by atoms with Crippen LogP contribution in [0.4, 0.5) is 0 Å². The Morgan fingerprint density at radius 3 is 1.27 bits per heavy atom. The monoisotopic (exact) mass is 938 g/mol. The number of phosphoric acid groups is 1. The Kier molecular flexibility index (Phi) is 50.4. The first-order chi connectivity index (χ1) is 32.4. The number of carbonyl (C=O) groups is 1. The van der Waals surface area contributed by atoms with Crippen molar-refractivity contribution in [1.82, 2.24) is 0 Å². The van der Waals surface area contributed by atoms with Gasteiger partial charge in [-0.05, 0) is 109 Å². The first-order valence-electron chi connectivity index (χ1n) is 26.0. The molecule has 0 aromatic rings. The van der Waals surface area contributed by atoms with Crippen molar-refractivity contribution < 1.29 is 32.8 Å². The smallest absolute Gasteiger partial charge is 0.457 e. The summed E-state index contributed by atoms with van der Waals surface area (Å²) in [5.41, 5.74) is 5.39. The van der Waals surface area contributed by atoms with Crippen LogP contribution in [0.15, 0.2) is 122 Å². The number of esters is 1. The molecule has 376 valence electrons. The van der Waals surface area contributed by atoms with Crippen LogP contribution in [-0.4, -0.2) is 49.9 Å². The second kappa shape index (κ2) is 52.9. The highest BCUT2D eigenvalue weighted by Gasteiger charge is 2.25. The van der Waals surface area contributed by atoms with Crippen molar-refractivity contribution in [2.75, 3.05) is 33.0 Å². The highest BCUT2D eigenvalue weighted by atomic mass is 31.2. The van der Waals surface area contributed by atoms with E-state index in [1.807, 2.05) is 0 Å². The lowest BCUT2D eigenvalue weighted by Gasteiger charge is -2.20. The average Bonchev–Trinajstić information content (AvgIpc) is 3.31. The molecular weight excluding hydrogens is 842 g/mol. The van der Waals surface area contributed by atoms with Crippen molar-refractivity contribution in [1.29, 1.82) is 0 Å². The summed E-state index contributed by atoms with van der Waals surface area (Å²) in [5.74, 6) is -0.370. The lowest BCUT2D eigenvalue weighted by molar-refractivity contribution is -0.154. The molecule has 66 heavy (non-hydrogen) atoms. The third kappa shape index (κ3) is 51.9. The molecule has 0 saturated heterocycles. The van der Waals surface area contributed by atoms with Crippen LogP contribution in [0.5, 0.6) is 0 Å². The second-order valence-corrected chi connectivity index (χ2v) is 18.1. The fourth-order valence-corrected chi connectivity index (χ4v) is 7.34. The molecule has 2 atom stereocenters. The lowest BCUT2D eigenvalue weighted by atomic mass is 10.1. The molecule has 0 aliphatic rings. The summed E-state index contributed by atoms with van der Waals surface area (Å²) in [7, 11) is -4.31. The van der Waals surface area contributed by atoms with Gasteiger partial charge in [-0.15, -0.1) is 0 Å². The topological polar surface area (TPSA) is 117 Å². The van der Waals surface area contributed by atoms with E-state index >= 15 is 0 Å². The zero-order chi connectivity index (χ0) is 48.0. The second-order valence-electron chi connectivity index (χ2n) is 16.6. The molecule has 0 saturated carbocycles. The predicted octanol–water partition coefficient (Wildman–Crippen LogP) is 16.5. The molecule has 0 aromatic carbocycles. The normalized spacial score (nSPS) is 14.3. The minimum Gasteiger partial charge on any atom is -0.457 e. The fraction of sp³-hybridized carbons (Fsp3) is 0.632. The number of hydrogen-bond donors (Lipinski definition) is 2. The molecule has 0 amide bonds. The third-order valence-corrected chi connectivity index (χ3v) is 11.3. The number of unbranched alkanes of at least 4 members (excludes halogenated alkanes) is 15. The van der Waals surface area contributed by atoms with Gasteiger partial charge in [-0.2, -0.15) is 0 Å². The van der Waals surface area contributed by atoms with Crippen molar-refractivity contribution in [2.45, 2.75) is 200 Å². The summed E-state index contributed by atoms with van der Waals surface area (Å²) in [6.45, 7) is 4.70. The van der Waals surface area contributed by atoms with E-state index < -0.39 is 13.9 Å². The number of allylic oxidation sites excluding steroid dienone is 20. The first-order valence-corrected chi connectivity index (χ1v) is 27.5. The first kappa shape index (κ1) is 62.9. The van der Waals surface area contributed by atoms with Gasteiger partial charge in [-0.1, -0.05) is 200 Å². The maximum Gasteiger partial charge on any atom is 0.472 e. The number of hydrogen-bond acceptors (Lipinski definition) is 7. The maximum atomic E-state index is 12.7. The van der Waals surface area contributed by atoms with E-state index in [4.69, 9.17) is 24.3 Å². The molecule has 9 heteroatoms. The molecule has 3 N–H and O–H groups in total. The van der Waals surface area contributed by atoms with Gasteiger partial charge >= 0.3 is 13.8 Å².